The van der Waals surface area contributed by atoms with E-state index >= 15 is 0 Å². The van der Waals surface area contributed by atoms with Crippen molar-refractivity contribution < 1.29 is 4.39 Å². The maximum Gasteiger partial charge on any atom is 0.124 e. The van der Waals surface area contributed by atoms with Gasteiger partial charge in [0.1, 0.15) is 5.82 Å². The average molecular weight is 305 g/mol. The van der Waals surface area contributed by atoms with Crippen LogP contribution >= 0.6 is 11.6 Å². The minimum Gasteiger partial charge on any atom is -0.370 e. The molecule has 2 heterocycles. The van der Waals surface area contributed by atoms with Crippen molar-refractivity contribution in [3.8, 4) is 0 Å². The standard InChI is InChI=1S/C17H18ClFN2/c18-16-11-15(19)3-4-17(16)21-8-5-13(6-9-21)10-14-2-1-7-20-12-14/h1-4,7,11-13H,5-6,8-10H2. The molecular weight excluding hydrogens is 287 g/mol. The van der Waals surface area contributed by atoms with Crippen LogP contribution in [0.25, 0.3) is 0 Å². The Morgan fingerprint density at radius 3 is 2.71 bits per heavy atom. The zero-order valence-corrected chi connectivity index (χ0v) is 12.6. The first kappa shape index (κ1) is 14.3. The van der Waals surface area contributed by atoms with Gasteiger partial charge >= 0.3 is 0 Å². The third-order valence-electron chi connectivity index (χ3n) is 4.11. The van der Waals surface area contributed by atoms with Crippen LogP contribution in [0.2, 0.25) is 5.02 Å². The molecule has 0 saturated carbocycles. The van der Waals surface area contributed by atoms with Gasteiger partial charge in [-0.3, -0.25) is 4.98 Å². The molecule has 0 N–H and O–H groups in total. The van der Waals surface area contributed by atoms with E-state index in [0.29, 0.717) is 10.9 Å². The summed E-state index contributed by atoms with van der Waals surface area (Å²) in [5, 5.41) is 0.501. The van der Waals surface area contributed by atoms with E-state index in [1.165, 1.54) is 17.7 Å². The Hall–Kier alpha value is -1.61. The minimum absolute atomic E-state index is 0.282. The monoisotopic (exact) mass is 304 g/mol. The smallest absolute Gasteiger partial charge is 0.124 e. The van der Waals surface area contributed by atoms with Crippen molar-refractivity contribution >= 4 is 17.3 Å². The van der Waals surface area contributed by atoms with Crippen molar-refractivity contribution in [3.05, 3.63) is 59.1 Å². The molecule has 0 amide bonds. The number of pyridine rings is 1. The lowest BCUT2D eigenvalue weighted by Crippen LogP contribution is -2.34. The minimum atomic E-state index is -0.282. The van der Waals surface area contributed by atoms with Crippen LogP contribution in [0.3, 0.4) is 0 Å². The van der Waals surface area contributed by atoms with Gasteiger partial charge in [-0.25, -0.2) is 4.39 Å². The lowest BCUT2D eigenvalue weighted by atomic mass is 9.90. The number of benzene rings is 1. The highest BCUT2D eigenvalue weighted by Gasteiger charge is 2.21. The molecule has 0 unspecified atom stereocenters. The Bertz CT molecular complexity index is 595. The van der Waals surface area contributed by atoms with E-state index in [9.17, 15) is 4.39 Å². The number of hydrogen-bond donors (Lipinski definition) is 0. The fourth-order valence-electron chi connectivity index (χ4n) is 2.97. The number of aromatic nitrogens is 1. The van der Waals surface area contributed by atoms with E-state index in [0.717, 1.165) is 38.0 Å². The van der Waals surface area contributed by atoms with Gasteiger partial charge in [-0.15, -0.1) is 0 Å². The first-order valence-electron chi connectivity index (χ1n) is 7.31. The predicted octanol–water partition coefficient (Wildman–Crippen LogP) is 4.33. The molecule has 0 bridgehead atoms. The van der Waals surface area contributed by atoms with E-state index in [-0.39, 0.29) is 5.82 Å². The van der Waals surface area contributed by atoms with E-state index in [2.05, 4.69) is 16.0 Å². The Morgan fingerprint density at radius 2 is 2.05 bits per heavy atom. The molecule has 0 atom stereocenters. The number of piperidine rings is 1. The number of halogens is 2. The number of hydrogen-bond acceptors (Lipinski definition) is 2. The summed E-state index contributed by atoms with van der Waals surface area (Å²) in [6, 6.07) is 8.76. The van der Waals surface area contributed by atoms with Crippen LogP contribution in [0.15, 0.2) is 42.7 Å². The van der Waals surface area contributed by atoms with Gasteiger partial charge in [0.2, 0.25) is 0 Å². The molecule has 3 rings (SSSR count). The van der Waals surface area contributed by atoms with Gasteiger partial charge in [-0.1, -0.05) is 17.7 Å². The summed E-state index contributed by atoms with van der Waals surface area (Å²) in [7, 11) is 0. The molecule has 1 aromatic carbocycles. The second kappa shape index (κ2) is 6.44. The van der Waals surface area contributed by atoms with Gasteiger partial charge in [0, 0.05) is 25.5 Å². The average Bonchev–Trinajstić information content (AvgIpc) is 2.49. The summed E-state index contributed by atoms with van der Waals surface area (Å²) < 4.78 is 13.1. The maximum absolute atomic E-state index is 13.1. The molecule has 21 heavy (non-hydrogen) atoms. The maximum atomic E-state index is 13.1. The van der Waals surface area contributed by atoms with E-state index < -0.39 is 0 Å². The van der Waals surface area contributed by atoms with Crippen LogP contribution in [0.4, 0.5) is 10.1 Å². The molecule has 1 aliphatic rings. The van der Waals surface area contributed by atoms with Crippen LogP contribution < -0.4 is 4.90 Å². The van der Waals surface area contributed by atoms with Crippen molar-refractivity contribution in [2.45, 2.75) is 19.3 Å². The van der Waals surface area contributed by atoms with Gasteiger partial charge < -0.3 is 4.90 Å². The van der Waals surface area contributed by atoms with Gasteiger partial charge in [0.25, 0.3) is 0 Å². The van der Waals surface area contributed by atoms with Crippen LogP contribution in [0.5, 0.6) is 0 Å². The summed E-state index contributed by atoms with van der Waals surface area (Å²) in [4.78, 5) is 6.42. The van der Waals surface area contributed by atoms with E-state index in [1.54, 1.807) is 6.07 Å². The fourth-order valence-corrected chi connectivity index (χ4v) is 3.25. The third-order valence-corrected chi connectivity index (χ3v) is 4.41. The zero-order chi connectivity index (χ0) is 14.7. The second-order valence-corrected chi connectivity index (χ2v) is 6.00. The fraction of sp³-hybridized carbons (Fsp3) is 0.353. The summed E-state index contributed by atoms with van der Waals surface area (Å²) in [6.45, 7) is 1.94. The van der Waals surface area contributed by atoms with Crippen LogP contribution in [0, 0.1) is 11.7 Å². The second-order valence-electron chi connectivity index (χ2n) is 5.59. The highest BCUT2D eigenvalue weighted by Crippen LogP contribution is 2.31. The Balaban J connectivity index is 1.60. The lowest BCUT2D eigenvalue weighted by molar-refractivity contribution is 0.403. The first-order valence-corrected chi connectivity index (χ1v) is 7.69. The molecule has 2 nitrogen and oxygen atoms in total. The summed E-state index contributed by atoms with van der Waals surface area (Å²) >= 11 is 6.14. The number of rotatable bonds is 3. The molecule has 1 aromatic heterocycles. The summed E-state index contributed by atoms with van der Waals surface area (Å²) in [5.74, 6) is 0.403. The lowest BCUT2D eigenvalue weighted by Gasteiger charge is -2.34. The van der Waals surface area contributed by atoms with Crippen molar-refractivity contribution in [2.75, 3.05) is 18.0 Å². The quantitative estimate of drug-likeness (QED) is 0.839. The normalized spacial score (nSPS) is 16.2. The first-order chi connectivity index (χ1) is 10.2. The molecule has 0 spiro atoms. The summed E-state index contributed by atoms with van der Waals surface area (Å²) in [5.41, 5.74) is 2.24. The van der Waals surface area contributed by atoms with Crippen molar-refractivity contribution in [1.82, 2.24) is 4.98 Å². The predicted molar refractivity (Wildman–Crippen MR) is 84.3 cm³/mol. The highest BCUT2D eigenvalue weighted by atomic mass is 35.5. The van der Waals surface area contributed by atoms with E-state index in [4.69, 9.17) is 11.6 Å². The topological polar surface area (TPSA) is 16.1 Å². The molecular formula is C17H18ClFN2. The van der Waals surface area contributed by atoms with Gasteiger partial charge in [-0.05, 0) is 55.0 Å². The molecule has 4 heteroatoms. The molecule has 2 aromatic rings. The van der Waals surface area contributed by atoms with Gasteiger partial charge in [-0.2, -0.15) is 0 Å². The van der Waals surface area contributed by atoms with Crippen molar-refractivity contribution in [3.63, 3.8) is 0 Å². The van der Waals surface area contributed by atoms with Gasteiger partial charge in [0.15, 0.2) is 0 Å². The molecule has 110 valence electrons. The largest absolute Gasteiger partial charge is 0.370 e. The Kier molecular flexibility index (Phi) is 4.39. The Morgan fingerprint density at radius 1 is 1.24 bits per heavy atom. The zero-order valence-electron chi connectivity index (χ0n) is 11.8. The molecule has 1 saturated heterocycles. The van der Waals surface area contributed by atoms with Crippen molar-refractivity contribution in [2.24, 2.45) is 5.92 Å². The van der Waals surface area contributed by atoms with Crippen LogP contribution in [-0.2, 0) is 6.42 Å². The van der Waals surface area contributed by atoms with E-state index in [1.807, 2.05) is 18.5 Å². The van der Waals surface area contributed by atoms with Crippen LogP contribution in [-0.4, -0.2) is 18.1 Å². The van der Waals surface area contributed by atoms with Crippen molar-refractivity contribution in [1.29, 1.82) is 0 Å². The summed E-state index contributed by atoms with van der Waals surface area (Å²) in [6.07, 6.45) is 7.09. The van der Waals surface area contributed by atoms with Crippen LogP contribution in [0.1, 0.15) is 18.4 Å². The molecule has 0 radical (unpaired) electrons. The number of nitrogens with zero attached hydrogens (tertiary/aromatic N) is 2. The highest BCUT2D eigenvalue weighted by molar-refractivity contribution is 6.33. The number of anilines is 1. The molecule has 0 aliphatic carbocycles. The molecule has 1 fully saturated rings. The Labute approximate surface area is 129 Å². The van der Waals surface area contributed by atoms with Gasteiger partial charge in [0.05, 0.1) is 10.7 Å². The molecule has 1 aliphatic heterocycles. The third kappa shape index (κ3) is 3.53. The SMILES string of the molecule is Fc1ccc(N2CCC(Cc3cccnc3)CC2)c(Cl)c1.